The Bertz CT molecular complexity index is 832. The minimum Gasteiger partial charge on any atom is -0.505 e. The van der Waals surface area contributed by atoms with Crippen LogP contribution < -0.4 is 0 Å². The molecule has 1 aromatic heterocycles. The van der Waals surface area contributed by atoms with E-state index in [9.17, 15) is 9.90 Å². The number of benzene rings is 1. The summed E-state index contributed by atoms with van der Waals surface area (Å²) in [6.07, 6.45) is 3.91. The lowest BCUT2D eigenvalue weighted by atomic mass is 9.66. The first-order chi connectivity index (χ1) is 11.0. The number of nitrogens with one attached hydrogen (secondary N) is 1. The molecule has 4 heteroatoms. The van der Waals surface area contributed by atoms with Crippen molar-refractivity contribution in [2.75, 3.05) is 7.11 Å². The number of aliphatic hydroxyl groups is 1. The molecule has 2 unspecified atom stereocenters. The summed E-state index contributed by atoms with van der Waals surface area (Å²) in [7, 11) is 1.38. The molecule has 2 bridgehead atoms. The summed E-state index contributed by atoms with van der Waals surface area (Å²) in [6, 6.07) is 8.10. The van der Waals surface area contributed by atoms with E-state index in [4.69, 9.17) is 4.74 Å². The third kappa shape index (κ3) is 1.94. The summed E-state index contributed by atoms with van der Waals surface area (Å²) in [5, 5.41) is 12.1. The SMILES string of the molecule is COC(=O)C1=C(O)c2[nH]c3ccccc3c2C2(C)CCCC1C2. The zero-order valence-corrected chi connectivity index (χ0v) is 13.5. The summed E-state index contributed by atoms with van der Waals surface area (Å²) in [4.78, 5) is 15.6. The molecule has 2 aliphatic rings. The molecule has 0 spiro atoms. The maximum atomic E-state index is 12.3. The molecule has 23 heavy (non-hydrogen) atoms. The number of carbonyl (C=O) groups is 1. The average molecular weight is 311 g/mol. The van der Waals surface area contributed by atoms with Crippen LogP contribution in [0, 0.1) is 5.92 Å². The van der Waals surface area contributed by atoms with Crippen LogP contribution in [-0.4, -0.2) is 23.2 Å². The van der Waals surface area contributed by atoms with Crippen LogP contribution in [0.15, 0.2) is 29.8 Å². The molecular formula is C19H21NO3. The van der Waals surface area contributed by atoms with Crippen molar-refractivity contribution >= 4 is 22.6 Å². The zero-order chi connectivity index (χ0) is 16.2. The fraction of sp³-hybridized carbons (Fsp3) is 0.421. The molecule has 120 valence electrons. The Morgan fingerprint density at radius 1 is 1.39 bits per heavy atom. The Morgan fingerprint density at radius 3 is 2.96 bits per heavy atom. The topological polar surface area (TPSA) is 62.3 Å². The molecule has 2 atom stereocenters. The van der Waals surface area contributed by atoms with Crippen LogP contribution in [0.5, 0.6) is 0 Å². The van der Waals surface area contributed by atoms with E-state index in [0.29, 0.717) is 11.3 Å². The number of rotatable bonds is 1. The quantitative estimate of drug-likeness (QED) is 0.780. The van der Waals surface area contributed by atoms with E-state index in [1.807, 2.05) is 18.2 Å². The van der Waals surface area contributed by atoms with Gasteiger partial charge in [-0.15, -0.1) is 0 Å². The second-order valence-corrected chi connectivity index (χ2v) is 7.03. The van der Waals surface area contributed by atoms with Gasteiger partial charge in [0.2, 0.25) is 0 Å². The second-order valence-electron chi connectivity index (χ2n) is 7.03. The van der Waals surface area contributed by atoms with Crippen LogP contribution in [0.1, 0.15) is 43.9 Å². The van der Waals surface area contributed by atoms with Crippen molar-refractivity contribution in [2.45, 2.75) is 38.0 Å². The molecule has 1 saturated carbocycles. The molecule has 4 rings (SSSR count). The smallest absolute Gasteiger partial charge is 0.337 e. The van der Waals surface area contributed by atoms with E-state index < -0.39 is 5.97 Å². The molecule has 2 N–H and O–H groups in total. The highest BCUT2D eigenvalue weighted by Crippen LogP contribution is 2.52. The number of methoxy groups -OCH3 is 1. The van der Waals surface area contributed by atoms with Crippen molar-refractivity contribution in [3.8, 4) is 0 Å². The first-order valence-corrected chi connectivity index (χ1v) is 8.18. The molecule has 4 nitrogen and oxygen atoms in total. The lowest BCUT2D eigenvalue weighted by Crippen LogP contribution is -2.31. The van der Waals surface area contributed by atoms with Crippen LogP contribution in [0.25, 0.3) is 16.7 Å². The molecule has 1 aromatic carbocycles. The molecule has 0 saturated heterocycles. The van der Waals surface area contributed by atoms with Crippen molar-refractivity contribution in [1.29, 1.82) is 0 Å². The van der Waals surface area contributed by atoms with Crippen LogP contribution in [0.2, 0.25) is 0 Å². The Morgan fingerprint density at radius 2 is 2.17 bits per heavy atom. The summed E-state index contributed by atoms with van der Waals surface area (Å²) in [6.45, 7) is 2.26. The van der Waals surface area contributed by atoms with E-state index in [0.717, 1.165) is 42.1 Å². The number of ether oxygens (including phenoxy) is 1. The number of aromatic amines is 1. The second kappa shape index (κ2) is 4.88. The molecule has 2 aliphatic carbocycles. The van der Waals surface area contributed by atoms with Gasteiger partial charge in [0.05, 0.1) is 18.4 Å². The van der Waals surface area contributed by atoms with Gasteiger partial charge in [-0.2, -0.15) is 0 Å². The number of hydrogen-bond donors (Lipinski definition) is 2. The standard InChI is InChI=1S/C19H21NO3/c1-19-9-5-6-11(10-19)14(18(22)23-2)17(21)16-15(19)12-7-3-4-8-13(12)20-16/h3-4,7-8,11,20-21H,5-6,9-10H2,1-2H3. The third-order valence-corrected chi connectivity index (χ3v) is 5.59. The summed E-state index contributed by atoms with van der Waals surface area (Å²) < 4.78 is 4.96. The van der Waals surface area contributed by atoms with Gasteiger partial charge in [-0.05, 0) is 42.2 Å². The van der Waals surface area contributed by atoms with Crippen LogP contribution >= 0.6 is 0 Å². The van der Waals surface area contributed by atoms with Crippen molar-refractivity contribution in [2.24, 2.45) is 5.92 Å². The van der Waals surface area contributed by atoms with Gasteiger partial charge in [0.15, 0.2) is 0 Å². The Labute approximate surface area is 135 Å². The number of fused-ring (bicyclic) bond motifs is 6. The van der Waals surface area contributed by atoms with E-state index in [1.165, 1.54) is 7.11 Å². The predicted molar refractivity (Wildman–Crippen MR) is 89.2 cm³/mol. The van der Waals surface area contributed by atoms with Crippen LogP contribution in [0.4, 0.5) is 0 Å². The van der Waals surface area contributed by atoms with Gasteiger partial charge in [-0.1, -0.05) is 31.5 Å². The molecular weight excluding hydrogens is 290 g/mol. The number of aliphatic hydroxyl groups excluding tert-OH is 1. The molecule has 0 radical (unpaired) electrons. The number of H-pyrrole nitrogens is 1. The maximum Gasteiger partial charge on any atom is 0.337 e. The molecule has 2 aromatic rings. The number of aromatic nitrogens is 1. The summed E-state index contributed by atoms with van der Waals surface area (Å²) in [5.41, 5.74) is 3.23. The maximum absolute atomic E-state index is 12.3. The van der Waals surface area contributed by atoms with Crippen molar-refractivity contribution in [3.05, 3.63) is 41.1 Å². The Kier molecular flexibility index (Phi) is 3.05. The van der Waals surface area contributed by atoms with Gasteiger partial charge < -0.3 is 14.8 Å². The first-order valence-electron chi connectivity index (χ1n) is 8.18. The van der Waals surface area contributed by atoms with Gasteiger partial charge in [-0.3, -0.25) is 0 Å². The lowest BCUT2D eigenvalue weighted by Gasteiger charge is -2.37. The summed E-state index contributed by atoms with van der Waals surface area (Å²) in [5.74, 6) is -0.289. The largest absolute Gasteiger partial charge is 0.505 e. The Balaban J connectivity index is 2.07. The average Bonchev–Trinajstić information content (AvgIpc) is 2.92. The van der Waals surface area contributed by atoms with E-state index in [2.05, 4.69) is 18.0 Å². The van der Waals surface area contributed by atoms with E-state index in [1.54, 1.807) is 0 Å². The highest BCUT2D eigenvalue weighted by Gasteiger charge is 2.44. The number of hydrogen-bond acceptors (Lipinski definition) is 3. The number of esters is 1. The van der Waals surface area contributed by atoms with E-state index in [-0.39, 0.29) is 17.1 Å². The zero-order valence-electron chi connectivity index (χ0n) is 13.5. The predicted octanol–water partition coefficient (Wildman–Crippen LogP) is 4.07. The number of carbonyl (C=O) groups excluding carboxylic acids is 1. The first kappa shape index (κ1) is 14.4. The lowest BCUT2D eigenvalue weighted by molar-refractivity contribution is -0.136. The van der Waals surface area contributed by atoms with Crippen LogP contribution in [-0.2, 0) is 14.9 Å². The minimum atomic E-state index is -0.414. The molecule has 1 heterocycles. The van der Waals surface area contributed by atoms with Gasteiger partial charge in [0, 0.05) is 10.9 Å². The monoisotopic (exact) mass is 311 g/mol. The fourth-order valence-electron chi connectivity index (χ4n) is 4.61. The highest BCUT2D eigenvalue weighted by molar-refractivity contribution is 5.99. The van der Waals surface area contributed by atoms with Gasteiger partial charge in [0.25, 0.3) is 0 Å². The van der Waals surface area contributed by atoms with Crippen molar-refractivity contribution in [1.82, 2.24) is 4.98 Å². The third-order valence-electron chi connectivity index (χ3n) is 5.59. The Hall–Kier alpha value is -2.23. The van der Waals surface area contributed by atoms with E-state index >= 15 is 0 Å². The normalized spacial score (nSPS) is 26.8. The van der Waals surface area contributed by atoms with Crippen molar-refractivity contribution < 1.29 is 14.6 Å². The fourth-order valence-corrected chi connectivity index (χ4v) is 4.61. The van der Waals surface area contributed by atoms with Gasteiger partial charge >= 0.3 is 5.97 Å². The minimum absolute atomic E-state index is 0.0401. The van der Waals surface area contributed by atoms with Gasteiger partial charge in [-0.25, -0.2) is 4.79 Å². The molecule has 0 aliphatic heterocycles. The number of para-hydroxylation sites is 1. The molecule has 1 fully saturated rings. The highest BCUT2D eigenvalue weighted by atomic mass is 16.5. The van der Waals surface area contributed by atoms with Crippen LogP contribution in [0.3, 0.4) is 0 Å². The summed E-state index contributed by atoms with van der Waals surface area (Å²) >= 11 is 0. The van der Waals surface area contributed by atoms with Gasteiger partial charge in [0.1, 0.15) is 5.76 Å². The molecule has 0 amide bonds. The van der Waals surface area contributed by atoms with Crippen molar-refractivity contribution in [3.63, 3.8) is 0 Å².